The Morgan fingerprint density at radius 3 is 3.06 bits per heavy atom. The van der Waals surface area contributed by atoms with Crippen molar-refractivity contribution in [2.24, 2.45) is 0 Å². The number of nitrogens with two attached hydrogens (primary N) is 1. The fourth-order valence-electron chi connectivity index (χ4n) is 1.76. The molecule has 4 heteroatoms. The van der Waals surface area contributed by atoms with E-state index in [9.17, 15) is 0 Å². The van der Waals surface area contributed by atoms with Gasteiger partial charge in [-0.05, 0) is 31.5 Å². The molecule has 0 aliphatic rings. The molecular weight excluding hydrogens is 216 g/mol. The molecule has 0 aliphatic heterocycles. The van der Waals surface area contributed by atoms with Crippen molar-refractivity contribution in [2.75, 3.05) is 5.73 Å². The van der Waals surface area contributed by atoms with Crippen LogP contribution in [0.5, 0.6) is 0 Å². The van der Waals surface area contributed by atoms with Gasteiger partial charge in [0.1, 0.15) is 12.1 Å². The molecule has 4 nitrogen and oxygen atoms in total. The molecule has 1 unspecified atom stereocenters. The Morgan fingerprint density at radius 2 is 2.29 bits per heavy atom. The summed E-state index contributed by atoms with van der Waals surface area (Å²) >= 11 is 0. The van der Waals surface area contributed by atoms with Gasteiger partial charge in [0.15, 0.2) is 5.58 Å². The molecule has 0 bridgehead atoms. The number of nitrogens with zero attached hydrogens (tertiary/aromatic N) is 1. The molecule has 2 N–H and O–H groups in total. The molecule has 1 aromatic heterocycles. The van der Waals surface area contributed by atoms with Crippen LogP contribution in [0.25, 0.3) is 11.1 Å². The van der Waals surface area contributed by atoms with E-state index in [1.807, 2.05) is 6.07 Å². The fraction of sp³-hybridized carbons (Fsp3) is 0.462. The third-order valence-corrected chi connectivity index (χ3v) is 2.64. The Hall–Kier alpha value is -1.55. The lowest BCUT2D eigenvalue weighted by Gasteiger charge is -2.09. The van der Waals surface area contributed by atoms with E-state index in [1.54, 1.807) is 12.1 Å². The average molecular weight is 234 g/mol. The second kappa shape index (κ2) is 5.19. The summed E-state index contributed by atoms with van der Waals surface area (Å²) in [5, 5.41) is 0. The maximum absolute atomic E-state index is 5.68. The van der Waals surface area contributed by atoms with Crippen LogP contribution in [0.3, 0.4) is 0 Å². The number of benzene rings is 1. The Labute approximate surface area is 101 Å². The summed E-state index contributed by atoms with van der Waals surface area (Å²) in [5.74, 6) is 0.605. The zero-order valence-electron chi connectivity index (χ0n) is 10.3. The first-order valence-electron chi connectivity index (χ1n) is 5.95. The van der Waals surface area contributed by atoms with Gasteiger partial charge in [-0.1, -0.05) is 13.3 Å². The van der Waals surface area contributed by atoms with Crippen molar-refractivity contribution in [1.29, 1.82) is 0 Å². The normalized spacial score (nSPS) is 13.1. The smallest absolute Gasteiger partial charge is 0.221 e. The number of nitrogen functional groups attached to an aromatic ring is 1. The van der Waals surface area contributed by atoms with E-state index in [-0.39, 0.29) is 6.10 Å². The number of ether oxygens (including phenoxy) is 1. The Balaban J connectivity index is 2.04. The summed E-state index contributed by atoms with van der Waals surface area (Å²) in [6.45, 7) is 4.61. The van der Waals surface area contributed by atoms with Crippen LogP contribution in [0.4, 0.5) is 5.69 Å². The molecule has 17 heavy (non-hydrogen) atoms. The highest BCUT2D eigenvalue weighted by Gasteiger charge is 2.08. The van der Waals surface area contributed by atoms with Crippen LogP contribution in [-0.4, -0.2) is 11.1 Å². The van der Waals surface area contributed by atoms with Gasteiger partial charge in [0.2, 0.25) is 5.89 Å². The summed E-state index contributed by atoms with van der Waals surface area (Å²) in [7, 11) is 0. The second-order valence-electron chi connectivity index (χ2n) is 4.25. The Kier molecular flexibility index (Phi) is 3.64. The third kappa shape index (κ3) is 2.97. The molecule has 0 aliphatic carbocycles. The number of hydrogen-bond acceptors (Lipinski definition) is 4. The molecule has 0 saturated heterocycles. The summed E-state index contributed by atoms with van der Waals surface area (Å²) in [4.78, 5) is 4.33. The summed E-state index contributed by atoms with van der Waals surface area (Å²) in [6.07, 6.45) is 2.40. The van der Waals surface area contributed by atoms with Gasteiger partial charge < -0.3 is 14.9 Å². The second-order valence-corrected chi connectivity index (χ2v) is 4.25. The maximum Gasteiger partial charge on any atom is 0.221 e. The quantitative estimate of drug-likeness (QED) is 0.807. The highest BCUT2D eigenvalue weighted by atomic mass is 16.5. The maximum atomic E-state index is 5.68. The molecule has 0 spiro atoms. The number of anilines is 1. The van der Waals surface area contributed by atoms with Crippen LogP contribution in [0.2, 0.25) is 0 Å². The predicted molar refractivity (Wildman–Crippen MR) is 67.6 cm³/mol. The van der Waals surface area contributed by atoms with Crippen LogP contribution < -0.4 is 5.73 Å². The molecule has 0 saturated carbocycles. The van der Waals surface area contributed by atoms with E-state index in [2.05, 4.69) is 18.8 Å². The number of rotatable bonds is 5. The van der Waals surface area contributed by atoms with Gasteiger partial charge in [0.05, 0.1) is 6.10 Å². The minimum atomic E-state index is 0.236. The molecular formula is C13H18N2O2. The first-order chi connectivity index (χ1) is 8.19. The predicted octanol–water partition coefficient (Wildman–Crippen LogP) is 3.12. The number of aromatic nitrogens is 1. The van der Waals surface area contributed by atoms with Crippen molar-refractivity contribution in [3.8, 4) is 0 Å². The Bertz CT molecular complexity index is 493. The zero-order chi connectivity index (χ0) is 12.3. The molecule has 1 atom stereocenters. The van der Waals surface area contributed by atoms with Crippen molar-refractivity contribution >= 4 is 16.8 Å². The molecule has 92 valence electrons. The first-order valence-corrected chi connectivity index (χ1v) is 5.95. The fourth-order valence-corrected chi connectivity index (χ4v) is 1.76. The highest BCUT2D eigenvalue weighted by Crippen LogP contribution is 2.19. The molecule has 2 aromatic rings. The van der Waals surface area contributed by atoms with E-state index in [0.29, 0.717) is 18.2 Å². The van der Waals surface area contributed by atoms with Crippen LogP contribution in [-0.2, 0) is 11.3 Å². The van der Waals surface area contributed by atoms with Crippen LogP contribution in [0.15, 0.2) is 22.6 Å². The molecule has 2 rings (SSSR count). The zero-order valence-corrected chi connectivity index (χ0v) is 10.3. The van der Waals surface area contributed by atoms with Crippen molar-refractivity contribution in [1.82, 2.24) is 4.98 Å². The lowest BCUT2D eigenvalue weighted by Crippen LogP contribution is -2.07. The standard InChI is InChI=1S/C13H18N2O2/c1-3-4-9(2)16-8-13-15-11-7-10(14)5-6-12(11)17-13/h5-7,9H,3-4,8,14H2,1-2H3. The lowest BCUT2D eigenvalue weighted by molar-refractivity contribution is 0.0354. The molecule has 0 fully saturated rings. The molecule has 0 amide bonds. The first kappa shape index (κ1) is 11.9. The van der Waals surface area contributed by atoms with Crippen molar-refractivity contribution in [3.05, 3.63) is 24.1 Å². The van der Waals surface area contributed by atoms with E-state index < -0.39 is 0 Å². The van der Waals surface area contributed by atoms with E-state index in [0.717, 1.165) is 23.9 Å². The average Bonchev–Trinajstić information content (AvgIpc) is 2.68. The van der Waals surface area contributed by atoms with Crippen molar-refractivity contribution in [2.45, 2.75) is 39.4 Å². The van der Waals surface area contributed by atoms with E-state index in [1.165, 1.54) is 0 Å². The van der Waals surface area contributed by atoms with Crippen LogP contribution >= 0.6 is 0 Å². The van der Waals surface area contributed by atoms with Crippen molar-refractivity contribution < 1.29 is 9.15 Å². The molecule has 1 heterocycles. The van der Waals surface area contributed by atoms with Gasteiger partial charge in [-0.3, -0.25) is 0 Å². The Morgan fingerprint density at radius 1 is 1.47 bits per heavy atom. The van der Waals surface area contributed by atoms with Gasteiger partial charge in [0, 0.05) is 5.69 Å². The SMILES string of the molecule is CCCC(C)OCc1nc2cc(N)ccc2o1. The van der Waals surface area contributed by atoms with Gasteiger partial charge >= 0.3 is 0 Å². The molecule has 0 radical (unpaired) electrons. The minimum absolute atomic E-state index is 0.236. The van der Waals surface area contributed by atoms with Crippen LogP contribution in [0, 0.1) is 0 Å². The van der Waals surface area contributed by atoms with Crippen LogP contribution in [0.1, 0.15) is 32.6 Å². The van der Waals surface area contributed by atoms with Gasteiger partial charge in [-0.2, -0.15) is 0 Å². The molecule has 1 aromatic carbocycles. The summed E-state index contributed by atoms with van der Waals surface area (Å²) in [5.41, 5.74) is 7.91. The summed E-state index contributed by atoms with van der Waals surface area (Å²) < 4.78 is 11.2. The number of fused-ring (bicyclic) bond motifs is 1. The van der Waals surface area contributed by atoms with E-state index in [4.69, 9.17) is 14.9 Å². The van der Waals surface area contributed by atoms with Gasteiger partial charge in [-0.15, -0.1) is 0 Å². The van der Waals surface area contributed by atoms with Gasteiger partial charge in [-0.25, -0.2) is 4.98 Å². The van der Waals surface area contributed by atoms with Gasteiger partial charge in [0.25, 0.3) is 0 Å². The largest absolute Gasteiger partial charge is 0.438 e. The lowest BCUT2D eigenvalue weighted by atomic mass is 10.2. The third-order valence-electron chi connectivity index (χ3n) is 2.64. The summed E-state index contributed by atoms with van der Waals surface area (Å²) in [6, 6.07) is 5.44. The van der Waals surface area contributed by atoms with E-state index >= 15 is 0 Å². The minimum Gasteiger partial charge on any atom is -0.438 e. The number of oxazole rings is 1. The highest BCUT2D eigenvalue weighted by molar-refractivity contribution is 5.76. The number of hydrogen-bond donors (Lipinski definition) is 1. The monoisotopic (exact) mass is 234 g/mol. The van der Waals surface area contributed by atoms with Crippen molar-refractivity contribution in [3.63, 3.8) is 0 Å². The topological polar surface area (TPSA) is 61.3 Å².